The van der Waals surface area contributed by atoms with Crippen LogP contribution in [0.4, 0.5) is 0 Å². The van der Waals surface area contributed by atoms with Crippen LogP contribution >= 0.6 is 15.9 Å². The van der Waals surface area contributed by atoms with Crippen molar-refractivity contribution in [3.63, 3.8) is 0 Å². The first-order valence-corrected chi connectivity index (χ1v) is 10.5. The van der Waals surface area contributed by atoms with Gasteiger partial charge in [0.2, 0.25) is 10.0 Å². The quantitative estimate of drug-likeness (QED) is 0.730. The fourth-order valence-electron chi connectivity index (χ4n) is 3.08. The average molecular weight is 442 g/mol. The van der Waals surface area contributed by atoms with Crippen molar-refractivity contribution in [2.24, 2.45) is 0 Å². The summed E-state index contributed by atoms with van der Waals surface area (Å²) >= 11 is 3.35. The molecule has 2 heterocycles. The number of aromatic nitrogens is 1. The second-order valence-electron chi connectivity index (χ2n) is 6.21. The Morgan fingerprint density at radius 3 is 2.42 bits per heavy atom. The second-order valence-corrected chi connectivity index (χ2v) is 9.00. The number of sulfonamides is 1. The van der Waals surface area contributed by atoms with E-state index in [1.165, 1.54) is 4.31 Å². The molecule has 0 spiro atoms. The van der Waals surface area contributed by atoms with Crippen LogP contribution in [-0.2, 0) is 10.0 Å². The van der Waals surface area contributed by atoms with E-state index in [9.17, 15) is 13.2 Å². The van der Waals surface area contributed by atoms with E-state index in [-0.39, 0.29) is 23.1 Å². The Kier molecular flexibility index (Phi) is 5.50. The van der Waals surface area contributed by atoms with Gasteiger partial charge in [-0.1, -0.05) is 21.1 Å². The lowest BCUT2D eigenvalue weighted by Crippen LogP contribution is -2.37. The number of carbonyl (C=O) groups excluding carboxylic acids is 1. The van der Waals surface area contributed by atoms with Gasteiger partial charge < -0.3 is 9.42 Å². The van der Waals surface area contributed by atoms with Crippen molar-refractivity contribution >= 4 is 31.9 Å². The molecule has 1 aromatic carbocycles. The minimum Gasteiger partial charge on any atom is -0.360 e. The van der Waals surface area contributed by atoms with E-state index < -0.39 is 10.0 Å². The summed E-state index contributed by atoms with van der Waals surface area (Å²) in [4.78, 5) is 14.5. The Morgan fingerprint density at radius 2 is 1.81 bits per heavy atom. The first kappa shape index (κ1) is 19.1. The Bertz CT molecular complexity index is 889. The molecule has 26 heavy (non-hydrogen) atoms. The largest absolute Gasteiger partial charge is 0.360 e. The fraction of sp³-hybridized carbons (Fsp3) is 0.412. The molecule has 3 rings (SSSR count). The van der Waals surface area contributed by atoms with Gasteiger partial charge in [0, 0.05) is 36.2 Å². The van der Waals surface area contributed by atoms with Crippen LogP contribution < -0.4 is 0 Å². The van der Waals surface area contributed by atoms with Gasteiger partial charge in [0.15, 0.2) is 5.76 Å². The molecule has 1 aliphatic rings. The van der Waals surface area contributed by atoms with Gasteiger partial charge in [0.25, 0.3) is 5.91 Å². The maximum atomic E-state index is 12.9. The number of carbonyl (C=O) groups is 1. The lowest BCUT2D eigenvalue weighted by Gasteiger charge is -2.22. The van der Waals surface area contributed by atoms with Crippen LogP contribution in [0.1, 0.15) is 28.2 Å². The Balaban J connectivity index is 1.76. The molecule has 2 aromatic rings. The molecule has 0 bridgehead atoms. The third kappa shape index (κ3) is 3.70. The number of rotatable bonds is 3. The van der Waals surface area contributed by atoms with Crippen molar-refractivity contribution in [3.8, 4) is 0 Å². The third-order valence-corrected chi connectivity index (χ3v) is 7.07. The van der Waals surface area contributed by atoms with E-state index in [1.54, 1.807) is 30.9 Å². The van der Waals surface area contributed by atoms with E-state index in [0.717, 1.165) is 4.47 Å². The lowest BCUT2D eigenvalue weighted by molar-refractivity contribution is 0.0764. The van der Waals surface area contributed by atoms with E-state index in [2.05, 4.69) is 21.1 Å². The molecule has 0 aliphatic carbocycles. The summed E-state index contributed by atoms with van der Waals surface area (Å²) in [5.41, 5.74) is 0.949. The fourth-order valence-corrected chi connectivity index (χ4v) is 5.11. The average Bonchev–Trinajstić information content (AvgIpc) is 2.81. The van der Waals surface area contributed by atoms with E-state index in [0.29, 0.717) is 37.3 Å². The predicted octanol–water partition coefficient (Wildman–Crippen LogP) is 2.59. The molecule has 1 saturated heterocycles. The minimum atomic E-state index is -3.69. The molecule has 1 amide bonds. The summed E-state index contributed by atoms with van der Waals surface area (Å²) in [6.45, 7) is 4.67. The van der Waals surface area contributed by atoms with Crippen LogP contribution in [0.5, 0.6) is 0 Å². The molecular weight excluding hydrogens is 422 g/mol. The highest BCUT2D eigenvalue weighted by Crippen LogP contribution is 2.24. The Labute approximate surface area is 161 Å². The monoisotopic (exact) mass is 441 g/mol. The normalized spacial score (nSPS) is 16.5. The summed E-state index contributed by atoms with van der Waals surface area (Å²) in [6.07, 6.45) is 0.574. The molecule has 1 fully saturated rings. The molecule has 7 nitrogen and oxygen atoms in total. The molecule has 1 aliphatic heterocycles. The van der Waals surface area contributed by atoms with Crippen LogP contribution in [-0.4, -0.2) is 54.9 Å². The number of amides is 1. The van der Waals surface area contributed by atoms with Crippen LogP contribution in [0, 0.1) is 13.8 Å². The molecule has 0 atom stereocenters. The Morgan fingerprint density at radius 1 is 1.12 bits per heavy atom. The van der Waals surface area contributed by atoms with E-state index in [1.807, 2.05) is 12.1 Å². The first-order valence-electron chi connectivity index (χ1n) is 8.28. The zero-order chi connectivity index (χ0) is 18.9. The maximum Gasteiger partial charge on any atom is 0.253 e. The number of benzene rings is 1. The molecule has 0 saturated carbocycles. The number of aryl methyl sites for hydroxylation is 2. The minimum absolute atomic E-state index is 0.0888. The summed E-state index contributed by atoms with van der Waals surface area (Å²) in [5, 5.41) is 3.74. The molecule has 140 valence electrons. The van der Waals surface area contributed by atoms with Gasteiger partial charge >= 0.3 is 0 Å². The number of hydrogen-bond acceptors (Lipinski definition) is 5. The van der Waals surface area contributed by atoms with Crippen LogP contribution in [0.3, 0.4) is 0 Å². The second kappa shape index (κ2) is 7.50. The first-order chi connectivity index (χ1) is 12.3. The van der Waals surface area contributed by atoms with Gasteiger partial charge in [0.05, 0.1) is 0 Å². The van der Waals surface area contributed by atoms with Crippen LogP contribution in [0.25, 0.3) is 0 Å². The highest BCUT2D eigenvalue weighted by atomic mass is 79.9. The number of halogens is 1. The van der Waals surface area contributed by atoms with Crippen molar-refractivity contribution in [1.82, 2.24) is 14.4 Å². The Hall–Kier alpha value is -1.71. The van der Waals surface area contributed by atoms with Crippen molar-refractivity contribution < 1.29 is 17.7 Å². The highest BCUT2D eigenvalue weighted by Gasteiger charge is 2.33. The van der Waals surface area contributed by atoms with Crippen molar-refractivity contribution in [2.75, 3.05) is 26.2 Å². The van der Waals surface area contributed by atoms with Crippen molar-refractivity contribution in [2.45, 2.75) is 25.2 Å². The number of nitrogens with zero attached hydrogens (tertiary/aromatic N) is 3. The van der Waals surface area contributed by atoms with Crippen molar-refractivity contribution in [3.05, 3.63) is 45.8 Å². The van der Waals surface area contributed by atoms with E-state index in [4.69, 9.17) is 4.52 Å². The predicted molar refractivity (Wildman–Crippen MR) is 99.4 cm³/mol. The van der Waals surface area contributed by atoms with Gasteiger partial charge in [0.1, 0.15) is 10.6 Å². The summed E-state index contributed by atoms with van der Waals surface area (Å²) in [5.74, 6) is 0.198. The van der Waals surface area contributed by atoms with E-state index >= 15 is 0 Å². The maximum absolute atomic E-state index is 12.9. The lowest BCUT2D eigenvalue weighted by atomic mass is 10.2. The van der Waals surface area contributed by atoms with Gasteiger partial charge in [-0.15, -0.1) is 0 Å². The molecular formula is C17H20BrN3O4S. The highest BCUT2D eigenvalue weighted by molar-refractivity contribution is 9.10. The molecule has 0 N–H and O–H groups in total. The van der Waals surface area contributed by atoms with Gasteiger partial charge in [-0.3, -0.25) is 4.79 Å². The zero-order valence-electron chi connectivity index (χ0n) is 14.6. The van der Waals surface area contributed by atoms with Crippen molar-refractivity contribution in [1.29, 1.82) is 0 Å². The van der Waals surface area contributed by atoms with Gasteiger partial charge in [-0.2, -0.15) is 4.31 Å². The molecule has 1 aromatic heterocycles. The molecule has 0 unspecified atom stereocenters. The molecule has 0 radical (unpaired) electrons. The smallest absolute Gasteiger partial charge is 0.253 e. The number of hydrogen-bond donors (Lipinski definition) is 0. The van der Waals surface area contributed by atoms with Crippen LogP contribution in [0.15, 0.2) is 38.2 Å². The van der Waals surface area contributed by atoms with Gasteiger partial charge in [-0.25, -0.2) is 8.42 Å². The summed E-state index contributed by atoms with van der Waals surface area (Å²) in [6, 6.07) is 7.16. The third-order valence-electron chi connectivity index (χ3n) is 4.40. The molecule has 9 heteroatoms. The SMILES string of the molecule is Cc1noc(C)c1S(=O)(=O)N1CCCN(C(=O)c2ccc(Br)cc2)CC1. The standard InChI is InChI=1S/C17H20BrN3O4S/c1-12-16(13(2)25-19-12)26(23,24)21-9-3-8-20(10-11-21)17(22)14-4-6-15(18)7-5-14/h4-7H,3,8-11H2,1-2H3. The zero-order valence-corrected chi connectivity index (χ0v) is 17.0. The topological polar surface area (TPSA) is 83.7 Å². The van der Waals surface area contributed by atoms with Crippen LogP contribution in [0.2, 0.25) is 0 Å². The van der Waals surface area contributed by atoms with Gasteiger partial charge in [-0.05, 0) is 44.5 Å². The summed E-state index contributed by atoms with van der Waals surface area (Å²) < 4.78 is 33.2. The summed E-state index contributed by atoms with van der Waals surface area (Å²) in [7, 11) is -3.69.